The van der Waals surface area contributed by atoms with E-state index in [-0.39, 0.29) is 12.6 Å². The van der Waals surface area contributed by atoms with Gasteiger partial charge >= 0.3 is 0 Å². The summed E-state index contributed by atoms with van der Waals surface area (Å²) in [6.07, 6.45) is 3.60. The summed E-state index contributed by atoms with van der Waals surface area (Å²) < 4.78 is 1.85. The van der Waals surface area contributed by atoms with E-state index in [1.54, 1.807) is 6.33 Å². The molecule has 0 bridgehead atoms. The number of nitrogens with one attached hydrogen (secondary N) is 1. The third-order valence-electron chi connectivity index (χ3n) is 4.68. The number of hydrogen-bond acceptors (Lipinski definition) is 6. The molecule has 0 fully saturated rings. The lowest BCUT2D eigenvalue weighted by Crippen LogP contribution is -2.08. The number of nitrogens with zero attached hydrogens (tertiary/aromatic N) is 5. The van der Waals surface area contributed by atoms with Gasteiger partial charge < -0.3 is 15.0 Å². The number of aryl methyl sites for hydroxylation is 1. The molecule has 3 aromatic heterocycles. The Kier molecular flexibility index (Phi) is 5.31. The summed E-state index contributed by atoms with van der Waals surface area (Å²) in [5.41, 5.74) is 4.73. The molecule has 0 aliphatic rings. The van der Waals surface area contributed by atoms with E-state index in [4.69, 9.17) is 0 Å². The Hall–Kier alpha value is -3.58. The van der Waals surface area contributed by atoms with Gasteiger partial charge in [0.05, 0.1) is 35.7 Å². The molecule has 7 heteroatoms. The van der Waals surface area contributed by atoms with Gasteiger partial charge in [-0.3, -0.25) is 0 Å². The lowest BCUT2D eigenvalue weighted by atomic mass is 10.1. The summed E-state index contributed by atoms with van der Waals surface area (Å²) in [5.74, 6) is 0.693. The van der Waals surface area contributed by atoms with Crippen LogP contribution in [0.15, 0.2) is 67.1 Å². The molecule has 7 nitrogen and oxygen atoms in total. The zero-order valence-electron chi connectivity index (χ0n) is 16.3. The smallest absolute Gasteiger partial charge is 0.149 e. The minimum absolute atomic E-state index is 0.119. The van der Waals surface area contributed by atoms with Crippen molar-refractivity contribution >= 4 is 5.82 Å². The third-order valence-corrected chi connectivity index (χ3v) is 4.68. The minimum Gasteiger partial charge on any atom is -0.390 e. The predicted molar refractivity (Wildman–Crippen MR) is 112 cm³/mol. The molecule has 0 radical (unpaired) electrons. The van der Waals surface area contributed by atoms with Crippen LogP contribution in [0.25, 0.3) is 17.1 Å². The zero-order valence-corrected chi connectivity index (χ0v) is 16.3. The number of anilines is 1. The van der Waals surface area contributed by atoms with Crippen molar-refractivity contribution in [2.45, 2.75) is 26.5 Å². The number of aromatic nitrogens is 5. The van der Waals surface area contributed by atoms with E-state index in [2.05, 4.69) is 44.5 Å². The molecule has 0 aliphatic carbocycles. The molecule has 4 rings (SSSR count). The maximum absolute atomic E-state index is 9.77. The van der Waals surface area contributed by atoms with Crippen LogP contribution in [-0.2, 0) is 6.61 Å². The highest BCUT2D eigenvalue weighted by molar-refractivity contribution is 5.57. The first-order valence-corrected chi connectivity index (χ1v) is 9.41. The number of hydrogen-bond donors (Lipinski definition) is 2. The average Bonchev–Trinajstić information content (AvgIpc) is 3.20. The maximum atomic E-state index is 9.77. The summed E-state index contributed by atoms with van der Waals surface area (Å²) in [6, 6.07) is 17.8. The molecule has 2 N–H and O–H groups in total. The quantitative estimate of drug-likeness (QED) is 0.525. The van der Waals surface area contributed by atoms with E-state index < -0.39 is 0 Å². The van der Waals surface area contributed by atoms with Crippen LogP contribution in [0, 0.1) is 6.92 Å². The molecule has 0 amide bonds. The van der Waals surface area contributed by atoms with E-state index in [0.717, 1.165) is 11.4 Å². The van der Waals surface area contributed by atoms with E-state index in [0.29, 0.717) is 22.9 Å². The zero-order chi connectivity index (χ0) is 20.2. The van der Waals surface area contributed by atoms with E-state index >= 15 is 0 Å². The van der Waals surface area contributed by atoms with Gasteiger partial charge in [-0.15, -0.1) is 10.2 Å². The first-order chi connectivity index (χ1) is 14.1. The van der Waals surface area contributed by atoms with Gasteiger partial charge in [0.2, 0.25) is 0 Å². The summed E-state index contributed by atoms with van der Waals surface area (Å²) in [7, 11) is 0. The minimum atomic E-state index is -0.179. The van der Waals surface area contributed by atoms with E-state index in [1.807, 2.05) is 60.2 Å². The Bertz CT molecular complexity index is 1090. The Balaban J connectivity index is 1.54. The van der Waals surface area contributed by atoms with Gasteiger partial charge in [-0.2, -0.15) is 0 Å². The van der Waals surface area contributed by atoms with E-state index in [9.17, 15) is 5.11 Å². The second-order valence-electron chi connectivity index (χ2n) is 6.82. The second-order valence-corrected chi connectivity index (χ2v) is 6.82. The molecule has 3 heterocycles. The van der Waals surface area contributed by atoms with Crippen molar-refractivity contribution in [2.24, 2.45) is 0 Å². The SMILES string of the molecule is Cc1cn(-c2ccc(-c3ccc(N[C@@H](C)c4ccccc4)nn3)nc2CO)cn1. The number of benzene rings is 1. The van der Waals surface area contributed by atoms with Gasteiger partial charge in [-0.25, -0.2) is 9.97 Å². The normalized spacial score (nSPS) is 12.0. The van der Waals surface area contributed by atoms with Gasteiger partial charge in [0.25, 0.3) is 0 Å². The van der Waals surface area contributed by atoms with Gasteiger partial charge in [0.15, 0.2) is 0 Å². The fourth-order valence-corrected chi connectivity index (χ4v) is 3.13. The standard InChI is InChI=1S/C22H22N6O/c1-15-12-28(14-23-15)21-10-8-18(25-20(21)13-29)19-9-11-22(27-26-19)24-16(2)17-6-4-3-5-7-17/h3-12,14,16,29H,13H2,1-2H3,(H,24,27)/t16-/m0/s1. The van der Waals surface area contributed by atoms with Crippen molar-refractivity contribution in [1.29, 1.82) is 0 Å². The summed E-state index contributed by atoms with van der Waals surface area (Å²) in [4.78, 5) is 8.79. The molecule has 146 valence electrons. The molecular formula is C22H22N6O. The highest BCUT2D eigenvalue weighted by atomic mass is 16.3. The molecule has 0 saturated carbocycles. The Morgan fingerprint density at radius 3 is 2.45 bits per heavy atom. The number of aliphatic hydroxyl groups excluding tert-OH is 1. The molecule has 0 saturated heterocycles. The molecule has 1 atom stereocenters. The van der Waals surface area contributed by atoms with Crippen LogP contribution in [-0.4, -0.2) is 29.8 Å². The molecular weight excluding hydrogens is 364 g/mol. The van der Waals surface area contributed by atoms with Gasteiger partial charge in [-0.1, -0.05) is 30.3 Å². The molecule has 4 aromatic rings. The van der Waals surface area contributed by atoms with Crippen molar-refractivity contribution in [3.8, 4) is 17.1 Å². The largest absolute Gasteiger partial charge is 0.390 e. The molecule has 0 aliphatic heterocycles. The molecule has 0 spiro atoms. The lowest BCUT2D eigenvalue weighted by molar-refractivity contribution is 0.276. The third kappa shape index (κ3) is 4.14. The number of aliphatic hydroxyl groups is 1. The van der Waals surface area contributed by atoms with Crippen molar-refractivity contribution in [2.75, 3.05) is 5.32 Å². The average molecular weight is 386 g/mol. The van der Waals surface area contributed by atoms with Crippen molar-refractivity contribution in [3.63, 3.8) is 0 Å². The predicted octanol–water partition coefficient (Wildman–Crippen LogP) is 3.70. The fraction of sp³-hybridized carbons (Fsp3) is 0.182. The molecule has 1 aromatic carbocycles. The number of imidazole rings is 1. The van der Waals surface area contributed by atoms with Gasteiger partial charge in [-0.05, 0) is 43.7 Å². The van der Waals surface area contributed by atoms with Crippen molar-refractivity contribution in [3.05, 3.63) is 84.1 Å². The van der Waals surface area contributed by atoms with Crippen LogP contribution in [0.4, 0.5) is 5.82 Å². The van der Waals surface area contributed by atoms with Gasteiger partial charge in [0.1, 0.15) is 11.5 Å². The van der Waals surface area contributed by atoms with Crippen molar-refractivity contribution in [1.82, 2.24) is 24.7 Å². The fourth-order valence-electron chi connectivity index (χ4n) is 3.13. The second kappa shape index (κ2) is 8.20. The van der Waals surface area contributed by atoms with Gasteiger partial charge in [0, 0.05) is 12.2 Å². The van der Waals surface area contributed by atoms with Crippen LogP contribution in [0.3, 0.4) is 0 Å². The van der Waals surface area contributed by atoms with Crippen LogP contribution < -0.4 is 5.32 Å². The number of rotatable bonds is 6. The maximum Gasteiger partial charge on any atom is 0.149 e. The topological polar surface area (TPSA) is 88.8 Å². The first kappa shape index (κ1) is 18.8. The summed E-state index contributed by atoms with van der Waals surface area (Å²) in [5, 5.41) is 21.7. The monoisotopic (exact) mass is 386 g/mol. The molecule has 29 heavy (non-hydrogen) atoms. The van der Waals surface area contributed by atoms with Crippen molar-refractivity contribution < 1.29 is 5.11 Å². The van der Waals surface area contributed by atoms with Crippen LogP contribution in [0.2, 0.25) is 0 Å². The highest BCUT2D eigenvalue weighted by Gasteiger charge is 2.11. The Morgan fingerprint density at radius 2 is 1.79 bits per heavy atom. The van der Waals surface area contributed by atoms with E-state index in [1.165, 1.54) is 5.56 Å². The number of pyridine rings is 1. The highest BCUT2D eigenvalue weighted by Crippen LogP contribution is 2.22. The summed E-state index contributed by atoms with van der Waals surface area (Å²) in [6.45, 7) is 3.82. The summed E-state index contributed by atoms with van der Waals surface area (Å²) >= 11 is 0. The first-order valence-electron chi connectivity index (χ1n) is 9.41. The van der Waals surface area contributed by atoms with Crippen LogP contribution >= 0.6 is 0 Å². The molecule has 0 unspecified atom stereocenters. The Labute approximate surface area is 169 Å². The van der Waals surface area contributed by atoms with Crippen LogP contribution in [0.1, 0.15) is 29.9 Å². The Morgan fingerprint density at radius 1 is 1.00 bits per heavy atom. The van der Waals surface area contributed by atoms with Crippen LogP contribution in [0.5, 0.6) is 0 Å². The lowest BCUT2D eigenvalue weighted by Gasteiger charge is -2.14.